The third-order valence-electron chi connectivity index (χ3n) is 3.34. The lowest BCUT2D eigenvalue weighted by atomic mass is 10.2. The quantitative estimate of drug-likeness (QED) is 0.882. The number of hydrogen-bond acceptors (Lipinski definition) is 3. The predicted molar refractivity (Wildman–Crippen MR) is 83.6 cm³/mol. The molecule has 0 bridgehead atoms. The highest BCUT2D eigenvalue weighted by atomic mass is 79.9. The van der Waals surface area contributed by atoms with Gasteiger partial charge >= 0.3 is 0 Å². The highest BCUT2D eigenvalue weighted by molar-refractivity contribution is 9.10. The van der Waals surface area contributed by atoms with Gasteiger partial charge in [0.05, 0.1) is 0 Å². The Balaban J connectivity index is 2.06. The number of hydrogen-bond donors (Lipinski definition) is 1. The van der Waals surface area contributed by atoms with E-state index in [1.807, 2.05) is 24.3 Å². The molecule has 1 aliphatic heterocycles. The van der Waals surface area contributed by atoms with Crippen LogP contribution in [-0.2, 0) is 16.8 Å². The standard InChI is InChI=1S/C13H20BrN3O2S/c1-16(11-12-3-5-13(14)6-4-12)20(18,19)17-9-2-7-15-8-10-17/h3-6,15H,2,7-11H2,1H3. The Morgan fingerprint density at radius 3 is 2.65 bits per heavy atom. The van der Waals surface area contributed by atoms with Crippen LogP contribution in [0.2, 0.25) is 0 Å². The van der Waals surface area contributed by atoms with E-state index in [2.05, 4.69) is 21.2 Å². The molecule has 1 aromatic rings. The molecular weight excluding hydrogens is 342 g/mol. The molecule has 0 unspecified atom stereocenters. The maximum atomic E-state index is 12.5. The molecule has 1 N–H and O–H groups in total. The zero-order valence-electron chi connectivity index (χ0n) is 11.5. The SMILES string of the molecule is CN(Cc1ccc(Br)cc1)S(=O)(=O)N1CCCNCC1. The summed E-state index contributed by atoms with van der Waals surface area (Å²) < 4.78 is 29.0. The first-order valence-electron chi connectivity index (χ1n) is 6.67. The first-order chi connectivity index (χ1) is 9.50. The third kappa shape index (κ3) is 4.02. The number of nitrogens with one attached hydrogen (secondary N) is 1. The van der Waals surface area contributed by atoms with E-state index < -0.39 is 10.2 Å². The minimum Gasteiger partial charge on any atom is -0.315 e. The van der Waals surface area contributed by atoms with Gasteiger partial charge in [0, 0.05) is 37.7 Å². The van der Waals surface area contributed by atoms with E-state index in [1.54, 1.807) is 11.4 Å². The first kappa shape index (κ1) is 15.9. The molecule has 7 heteroatoms. The molecule has 0 amide bonds. The molecule has 0 spiro atoms. The lowest BCUT2D eigenvalue weighted by molar-refractivity contribution is 0.368. The molecule has 0 radical (unpaired) electrons. The van der Waals surface area contributed by atoms with Crippen molar-refractivity contribution in [3.8, 4) is 0 Å². The van der Waals surface area contributed by atoms with E-state index in [-0.39, 0.29) is 0 Å². The summed E-state index contributed by atoms with van der Waals surface area (Å²) in [7, 11) is -1.74. The summed E-state index contributed by atoms with van der Waals surface area (Å²) in [6.45, 7) is 3.10. The van der Waals surface area contributed by atoms with Gasteiger partial charge in [0.25, 0.3) is 10.2 Å². The molecule has 1 saturated heterocycles. The highest BCUT2D eigenvalue weighted by Gasteiger charge is 2.27. The van der Waals surface area contributed by atoms with E-state index in [9.17, 15) is 8.42 Å². The number of halogens is 1. The molecule has 1 aliphatic rings. The fourth-order valence-electron chi connectivity index (χ4n) is 2.18. The van der Waals surface area contributed by atoms with Crippen LogP contribution in [0, 0.1) is 0 Å². The van der Waals surface area contributed by atoms with Crippen molar-refractivity contribution in [2.45, 2.75) is 13.0 Å². The average molecular weight is 362 g/mol. The summed E-state index contributed by atoms with van der Waals surface area (Å²) >= 11 is 3.38. The second-order valence-corrected chi connectivity index (χ2v) is 7.84. The Morgan fingerprint density at radius 1 is 1.25 bits per heavy atom. The Bertz CT molecular complexity index is 525. The predicted octanol–water partition coefficient (Wildman–Crippen LogP) is 1.42. The maximum Gasteiger partial charge on any atom is 0.282 e. The lowest BCUT2D eigenvalue weighted by Crippen LogP contribution is -2.43. The Hall–Kier alpha value is -0.470. The Labute approximate surface area is 129 Å². The van der Waals surface area contributed by atoms with Crippen LogP contribution in [-0.4, -0.2) is 50.3 Å². The van der Waals surface area contributed by atoms with E-state index in [4.69, 9.17) is 0 Å². The van der Waals surface area contributed by atoms with E-state index >= 15 is 0 Å². The number of nitrogens with zero attached hydrogens (tertiary/aromatic N) is 2. The molecule has 5 nitrogen and oxygen atoms in total. The van der Waals surface area contributed by atoms with Gasteiger partial charge in [-0.25, -0.2) is 0 Å². The Morgan fingerprint density at radius 2 is 1.95 bits per heavy atom. The zero-order chi connectivity index (χ0) is 14.6. The number of benzene rings is 1. The van der Waals surface area contributed by atoms with Crippen LogP contribution in [0.3, 0.4) is 0 Å². The van der Waals surface area contributed by atoms with Crippen molar-refractivity contribution in [3.05, 3.63) is 34.3 Å². The topological polar surface area (TPSA) is 52.7 Å². The minimum absolute atomic E-state index is 0.388. The van der Waals surface area contributed by atoms with Gasteiger partial charge in [-0.05, 0) is 30.7 Å². The number of rotatable bonds is 4. The lowest BCUT2D eigenvalue weighted by Gasteiger charge is -2.26. The summed E-state index contributed by atoms with van der Waals surface area (Å²) in [6, 6.07) is 7.71. The van der Waals surface area contributed by atoms with Crippen molar-refractivity contribution >= 4 is 26.1 Å². The minimum atomic E-state index is -3.38. The van der Waals surface area contributed by atoms with Crippen molar-refractivity contribution in [3.63, 3.8) is 0 Å². The van der Waals surface area contributed by atoms with Gasteiger partial charge in [0.15, 0.2) is 0 Å². The first-order valence-corrected chi connectivity index (χ1v) is 8.86. The Kier molecular flexibility index (Phi) is 5.57. The van der Waals surface area contributed by atoms with Gasteiger partial charge in [0.1, 0.15) is 0 Å². The van der Waals surface area contributed by atoms with Crippen LogP contribution in [0.1, 0.15) is 12.0 Å². The normalized spacial score (nSPS) is 18.1. The van der Waals surface area contributed by atoms with Crippen molar-refractivity contribution in [1.29, 1.82) is 0 Å². The van der Waals surface area contributed by atoms with Gasteiger partial charge in [0.2, 0.25) is 0 Å². The fourth-order valence-corrected chi connectivity index (χ4v) is 3.83. The van der Waals surface area contributed by atoms with Crippen molar-refractivity contribution in [2.24, 2.45) is 0 Å². The second-order valence-electron chi connectivity index (χ2n) is 4.89. The van der Waals surface area contributed by atoms with Crippen LogP contribution in [0.4, 0.5) is 0 Å². The maximum absolute atomic E-state index is 12.5. The summed E-state index contributed by atoms with van der Waals surface area (Å²) in [5.74, 6) is 0. The molecule has 1 fully saturated rings. The second kappa shape index (κ2) is 7.00. The monoisotopic (exact) mass is 361 g/mol. The molecular formula is C13H20BrN3O2S. The van der Waals surface area contributed by atoms with Crippen molar-refractivity contribution < 1.29 is 8.42 Å². The van der Waals surface area contributed by atoms with Gasteiger partial charge in [-0.15, -0.1) is 0 Å². The smallest absolute Gasteiger partial charge is 0.282 e. The highest BCUT2D eigenvalue weighted by Crippen LogP contribution is 2.15. The molecule has 0 aromatic heterocycles. The molecule has 20 heavy (non-hydrogen) atoms. The van der Waals surface area contributed by atoms with E-state index in [0.717, 1.165) is 23.0 Å². The zero-order valence-corrected chi connectivity index (χ0v) is 14.0. The van der Waals surface area contributed by atoms with Crippen molar-refractivity contribution in [1.82, 2.24) is 13.9 Å². The third-order valence-corrected chi connectivity index (χ3v) is 5.80. The fraction of sp³-hybridized carbons (Fsp3) is 0.538. The molecule has 1 aromatic carbocycles. The van der Waals surface area contributed by atoms with Crippen LogP contribution in [0.25, 0.3) is 0 Å². The molecule has 112 valence electrons. The van der Waals surface area contributed by atoms with Crippen LogP contribution in [0.5, 0.6) is 0 Å². The van der Waals surface area contributed by atoms with Gasteiger partial charge < -0.3 is 5.32 Å². The summed E-state index contributed by atoms with van der Waals surface area (Å²) in [5, 5.41) is 3.21. The molecule has 0 saturated carbocycles. The van der Waals surface area contributed by atoms with E-state index in [1.165, 1.54) is 4.31 Å². The van der Waals surface area contributed by atoms with Gasteiger partial charge in [-0.1, -0.05) is 28.1 Å². The van der Waals surface area contributed by atoms with Crippen LogP contribution in [0.15, 0.2) is 28.7 Å². The molecule has 2 rings (SSSR count). The molecule has 0 aliphatic carbocycles. The summed E-state index contributed by atoms with van der Waals surface area (Å²) in [6.07, 6.45) is 0.853. The average Bonchev–Trinajstić information content (AvgIpc) is 2.70. The summed E-state index contributed by atoms with van der Waals surface area (Å²) in [5.41, 5.74) is 0.979. The van der Waals surface area contributed by atoms with E-state index in [0.29, 0.717) is 26.2 Å². The molecule has 1 heterocycles. The molecule has 0 atom stereocenters. The van der Waals surface area contributed by atoms with Crippen LogP contribution >= 0.6 is 15.9 Å². The van der Waals surface area contributed by atoms with Crippen LogP contribution < -0.4 is 5.32 Å². The summed E-state index contributed by atoms with van der Waals surface area (Å²) in [4.78, 5) is 0. The van der Waals surface area contributed by atoms with Gasteiger partial charge in [-0.3, -0.25) is 0 Å². The largest absolute Gasteiger partial charge is 0.315 e. The van der Waals surface area contributed by atoms with Gasteiger partial charge in [-0.2, -0.15) is 17.0 Å². The van der Waals surface area contributed by atoms with Crippen molar-refractivity contribution in [2.75, 3.05) is 33.2 Å².